The number of thiazole rings is 1. The average molecular weight is 436 g/mol. The van der Waals surface area contributed by atoms with Gasteiger partial charge in [-0.3, -0.25) is 14.5 Å². The monoisotopic (exact) mass is 435 g/mol. The molecule has 2 heterocycles. The summed E-state index contributed by atoms with van der Waals surface area (Å²) in [6.45, 7) is 0.254. The maximum atomic E-state index is 12.5. The van der Waals surface area contributed by atoms with Crippen LogP contribution in [0.2, 0.25) is 0 Å². The molecule has 0 fully saturated rings. The van der Waals surface area contributed by atoms with Gasteiger partial charge in [0.05, 0.1) is 22.4 Å². The molecule has 0 bridgehead atoms. The summed E-state index contributed by atoms with van der Waals surface area (Å²) < 4.78 is 0. The number of carbonyl (C=O) groups is 2. The number of aromatic nitrogens is 1. The zero-order valence-corrected chi connectivity index (χ0v) is 17.8. The zero-order valence-electron chi connectivity index (χ0n) is 17.0. The summed E-state index contributed by atoms with van der Waals surface area (Å²) in [5.74, 6) is -0.538. The number of rotatable bonds is 5. The Morgan fingerprint density at radius 1 is 0.969 bits per heavy atom. The fraction of sp³-hybridized carbons (Fsp3) is 0.0769. The van der Waals surface area contributed by atoms with Crippen molar-refractivity contribution in [3.63, 3.8) is 0 Å². The van der Waals surface area contributed by atoms with Gasteiger partial charge in [0, 0.05) is 18.3 Å². The Morgan fingerprint density at radius 3 is 2.41 bits per heavy atom. The molecular formula is C26H17N3O2S. The first-order valence-corrected chi connectivity index (χ1v) is 11.0. The van der Waals surface area contributed by atoms with E-state index in [-0.39, 0.29) is 18.4 Å². The van der Waals surface area contributed by atoms with Crippen molar-refractivity contribution in [2.45, 2.75) is 6.42 Å². The van der Waals surface area contributed by atoms with E-state index in [0.717, 1.165) is 22.0 Å². The number of benzene rings is 3. The number of amides is 2. The fourth-order valence-electron chi connectivity index (χ4n) is 3.89. The van der Waals surface area contributed by atoms with E-state index in [2.05, 4.69) is 11.1 Å². The third-order valence-electron chi connectivity index (χ3n) is 5.50. The van der Waals surface area contributed by atoms with Crippen LogP contribution in [-0.4, -0.2) is 28.2 Å². The van der Waals surface area contributed by atoms with Crippen LogP contribution >= 0.6 is 11.3 Å². The first kappa shape index (κ1) is 19.9. The number of carbonyl (C=O) groups excluding carboxylic acids is 2. The van der Waals surface area contributed by atoms with Gasteiger partial charge >= 0.3 is 0 Å². The number of nitriles is 1. The Balaban J connectivity index is 1.35. The topological polar surface area (TPSA) is 74.1 Å². The molecule has 3 aromatic carbocycles. The Morgan fingerprint density at radius 2 is 1.66 bits per heavy atom. The highest BCUT2D eigenvalue weighted by Crippen LogP contribution is 2.27. The van der Waals surface area contributed by atoms with Gasteiger partial charge in [-0.2, -0.15) is 5.26 Å². The van der Waals surface area contributed by atoms with E-state index in [0.29, 0.717) is 28.1 Å². The Bertz CT molecular complexity index is 1400. The predicted molar refractivity (Wildman–Crippen MR) is 125 cm³/mol. The highest BCUT2D eigenvalue weighted by Gasteiger charge is 2.34. The van der Waals surface area contributed by atoms with Gasteiger partial charge in [0.2, 0.25) is 0 Å². The van der Waals surface area contributed by atoms with Gasteiger partial charge in [-0.15, -0.1) is 11.3 Å². The molecule has 5 rings (SSSR count). The van der Waals surface area contributed by atoms with Crippen molar-refractivity contribution in [3.8, 4) is 6.07 Å². The highest BCUT2D eigenvalue weighted by molar-refractivity contribution is 7.11. The van der Waals surface area contributed by atoms with Crippen LogP contribution in [0.25, 0.3) is 22.4 Å². The van der Waals surface area contributed by atoms with Crippen LogP contribution < -0.4 is 0 Å². The Kier molecular flexibility index (Phi) is 5.10. The largest absolute Gasteiger partial charge is 0.274 e. The molecule has 0 saturated heterocycles. The van der Waals surface area contributed by atoms with E-state index in [4.69, 9.17) is 0 Å². The van der Waals surface area contributed by atoms with Crippen molar-refractivity contribution >= 4 is 45.6 Å². The lowest BCUT2D eigenvalue weighted by molar-refractivity contribution is 0.0656. The molecule has 32 heavy (non-hydrogen) atoms. The van der Waals surface area contributed by atoms with Crippen LogP contribution in [0.1, 0.15) is 37.0 Å². The van der Waals surface area contributed by atoms with Crippen LogP contribution in [0.4, 0.5) is 0 Å². The van der Waals surface area contributed by atoms with Crippen LogP contribution in [-0.2, 0) is 6.42 Å². The number of hydrogen-bond acceptors (Lipinski definition) is 5. The predicted octanol–water partition coefficient (Wildman–Crippen LogP) is 5.20. The lowest BCUT2D eigenvalue weighted by Gasteiger charge is -2.12. The van der Waals surface area contributed by atoms with E-state index in [1.165, 1.54) is 16.2 Å². The van der Waals surface area contributed by atoms with Gasteiger partial charge in [-0.1, -0.05) is 54.6 Å². The first-order valence-electron chi connectivity index (χ1n) is 10.2. The number of nitrogens with zero attached hydrogens (tertiary/aromatic N) is 3. The molecule has 4 aromatic rings. The molecule has 5 nitrogen and oxygen atoms in total. The summed E-state index contributed by atoms with van der Waals surface area (Å²) >= 11 is 1.39. The van der Waals surface area contributed by atoms with Crippen molar-refractivity contribution in [2.75, 3.05) is 6.54 Å². The van der Waals surface area contributed by atoms with Crippen molar-refractivity contribution < 1.29 is 9.59 Å². The second-order valence-electron chi connectivity index (χ2n) is 7.44. The second-order valence-corrected chi connectivity index (χ2v) is 8.30. The number of fused-ring (bicyclic) bond motifs is 2. The minimum atomic E-state index is -0.269. The summed E-state index contributed by atoms with van der Waals surface area (Å²) in [5, 5.41) is 14.4. The SMILES string of the molecule is N#C/C(=C\c1cccc2ccccc12)c1nc(CCN2C(=O)c3ccccc3C2=O)cs1. The van der Waals surface area contributed by atoms with E-state index in [1.54, 1.807) is 24.3 Å². The Hall–Kier alpha value is -4.08. The van der Waals surface area contributed by atoms with E-state index < -0.39 is 0 Å². The van der Waals surface area contributed by atoms with Gasteiger partial charge in [-0.05, 0) is 34.5 Å². The lowest BCUT2D eigenvalue weighted by Crippen LogP contribution is -2.31. The average Bonchev–Trinajstić information content (AvgIpc) is 3.39. The minimum Gasteiger partial charge on any atom is -0.274 e. The van der Waals surface area contributed by atoms with E-state index >= 15 is 0 Å². The number of imide groups is 1. The van der Waals surface area contributed by atoms with E-state index in [9.17, 15) is 14.9 Å². The number of hydrogen-bond donors (Lipinski definition) is 0. The summed E-state index contributed by atoms with van der Waals surface area (Å²) in [4.78, 5) is 30.9. The quantitative estimate of drug-likeness (QED) is 0.319. The van der Waals surface area contributed by atoms with Crippen molar-refractivity contribution in [3.05, 3.63) is 99.5 Å². The molecule has 0 unspecified atom stereocenters. The third kappa shape index (κ3) is 3.49. The standard InChI is InChI=1S/C26H17N3O2S/c27-15-19(14-18-8-5-7-17-6-1-2-9-21(17)18)24-28-20(16-32-24)12-13-29-25(30)22-10-3-4-11-23(22)26(29)31/h1-11,14,16H,12-13H2/b19-14+. The normalized spacial score (nSPS) is 13.5. The molecule has 1 aliphatic heterocycles. The summed E-state index contributed by atoms with van der Waals surface area (Å²) in [6, 6.07) is 23.2. The summed E-state index contributed by atoms with van der Waals surface area (Å²) in [5.41, 5.74) is 3.09. The van der Waals surface area contributed by atoms with Gasteiger partial charge in [-0.25, -0.2) is 4.98 Å². The minimum absolute atomic E-state index is 0.254. The van der Waals surface area contributed by atoms with Gasteiger partial charge in [0.15, 0.2) is 0 Å². The smallest absolute Gasteiger partial charge is 0.261 e. The van der Waals surface area contributed by atoms with Gasteiger partial charge < -0.3 is 0 Å². The second kappa shape index (κ2) is 8.22. The molecule has 154 valence electrons. The number of allylic oxidation sites excluding steroid dienone is 1. The van der Waals surface area contributed by atoms with Crippen LogP contribution in [0.5, 0.6) is 0 Å². The summed E-state index contributed by atoms with van der Waals surface area (Å²) in [6.07, 6.45) is 2.30. The molecule has 0 atom stereocenters. The fourth-order valence-corrected chi connectivity index (χ4v) is 4.71. The van der Waals surface area contributed by atoms with Gasteiger partial charge in [0.25, 0.3) is 11.8 Å². The molecule has 1 aromatic heterocycles. The molecule has 2 amide bonds. The summed E-state index contributed by atoms with van der Waals surface area (Å²) in [7, 11) is 0. The van der Waals surface area contributed by atoms with Crippen LogP contribution in [0, 0.1) is 11.3 Å². The van der Waals surface area contributed by atoms with Crippen molar-refractivity contribution in [1.82, 2.24) is 9.88 Å². The van der Waals surface area contributed by atoms with E-state index in [1.807, 2.05) is 53.9 Å². The van der Waals surface area contributed by atoms with Gasteiger partial charge in [0.1, 0.15) is 11.1 Å². The maximum absolute atomic E-state index is 12.5. The zero-order chi connectivity index (χ0) is 22.1. The first-order chi connectivity index (χ1) is 15.7. The molecule has 0 N–H and O–H groups in total. The third-order valence-corrected chi connectivity index (χ3v) is 6.42. The molecule has 0 saturated carbocycles. The molecular weight excluding hydrogens is 418 g/mol. The van der Waals surface area contributed by atoms with Crippen LogP contribution in [0.3, 0.4) is 0 Å². The molecule has 0 spiro atoms. The maximum Gasteiger partial charge on any atom is 0.261 e. The van der Waals surface area contributed by atoms with Crippen molar-refractivity contribution in [2.24, 2.45) is 0 Å². The molecule has 6 heteroatoms. The van der Waals surface area contributed by atoms with Crippen LogP contribution in [0.15, 0.2) is 72.1 Å². The molecule has 1 aliphatic rings. The Labute approximate surface area is 188 Å². The molecule has 0 radical (unpaired) electrons. The highest BCUT2D eigenvalue weighted by atomic mass is 32.1. The molecule has 0 aliphatic carbocycles. The van der Waals surface area contributed by atoms with Crippen molar-refractivity contribution in [1.29, 1.82) is 5.26 Å². The lowest BCUT2D eigenvalue weighted by atomic mass is 10.0.